The summed E-state index contributed by atoms with van der Waals surface area (Å²) in [6.07, 6.45) is 4.65. The van der Waals surface area contributed by atoms with Gasteiger partial charge in [0.15, 0.2) is 5.13 Å². The van der Waals surface area contributed by atoms with E-state index in [0.29, 0.717) is 35.2 Å². The minimum absolute atomic E-state index is 0.330. The van der Waals surface area contributed by atoms with Crippen molar-refractivity contribution in [2.24, 2.45) is 16.5 Å². The van der Waals surface area contributed by atoms with Gasteiger partial charge in [0.1, 0.15) is 6.04 Å². The highest BCUT2D eigenvalue weighted by molar-refractivity contribution is 7.16. The number of primary amides is 1. The average molecular weight is 481 g/mol. The van der Waals surface area contributed by atoms with Crippen molar-refractivity contribution in [2.75, 3.05) is 11.9 Å². The molecule has 1 aromatic carbocycles. The zero-order valence-corrected chi connectivity index (χ0v) is 20.9. The van der Waals surface area contributed by atoms with Gasteiger partial charge in [-0.25, -0.2) is 9.78 Å². The number of likely N-dealkylation sites (tertiary alicyclic amines) is 1. The van der Waals surface area contributed by atoms with Crippen molar-refractivity contribution in [1.82, 2.24) is 9.88 Å². The van der Waals surface area contributed by atoms with Crippen molar-refractivity contribution in [3.8, 4) is 0 Å². The molecule has 1 aliphatic rings. The molecule has 9 heteroatoms. The van der Waals surface area contributed by atoms with Crippen LogP contribution in [0.5, 0.6) is 0 Å². The number of aryl methyl sites for hydroxylation is 2. The number of rotatable bonds is 7. The molecular formula is C25H32N6O2S. The number of amides is 3. The van der Waals surface area contributed by atoms with Crippen LogP contribution in [0.25, 0.3) is 5.70 Å². The van der Waals surface area contributed by atoms with Gasteiger partial charge in [-0.3, -0.25) is 15.1 Å². The topological polar surface area (TPSA) is 127 Å². The minimum Gasteiger partial charge on any atom is -0.397 e. The number of nitrogens with two attached hydrogens (primary N) is 2. The van der Waals surface area contributed by atoms with Crippen LogP contribution in [0.15, 0.2) is 47.6 Å². The van der Waals surface area contributed by atoms with Crippen molar-refractivity contribution in [3.63, 3.8) is 0 Å². The molecule has 3 rings (SSSR count). The number of aliphatic imine (C=N–C) groups is 1. The number of thiazole rings is 1. The highest BCUT2D eigenvalue weighted by Crippen LogP contribution is 2.31. The normalized spacial score (nSPS) is 16.8. The van der Waals surface area contributed by atoms with Crippen LogP contribution in [0, 0.1) is 13.8 Å². The van der Waals surface area contributed by atoms with Crippen LogP contribution in [0.4, 0.5) is 9.93 Å². The maximum atomic E-state index is 12.6. The van der Waals surface area contributed by atoms with Gasteiger partial charge >= 0.3 is 6.03 Å². The molecule has 8 nitrogen and oxygen atoms in total. The van der Waals surface area contributed by atoms with E-state index in [0.717, 1.165) is 16.9 Å². The van der Waals surface area contributed by atoms with E-state index in [9.17, 15) is 9.59 Å². The summed E-state index contributed by atoms with van der Waals surface area (Å²) >= 11 is 1.26. The molecule has 0 radical (unpaired) electrons. The second kappa shape index (κ2) is 10.2. The monoisotopic (exact) mass is 480 g/mol. The Labute approximate surface area is 204 Å². The average Bonchev–Trinajstić information content (AvgIpc) is 3.41. The van der Waals surface area contributed by atoms with Crippen LogP contribution in [-0.4, -0.2) is 40.6 Å². The second-order valence-electron chi connectivity index (χ2n) is 8.96. The molecule has 3 amide bonds. The Morgan fingerprint density at radius 1 is 1.26 bits per heavy atom. The number of hydrogen-bond donors (Lipinski definition) is 3. The second-order valence-corrected chi connectivity index (χ2v) is 9.95. The number of anilines is 1. The Kier molecular flexibility index (Phi) is 7.56. The van der Waals surface area contributed by atoms with Gasteiger partial charge < -0.3 is 16.4 Å². The Morgan fingerprint density at radius 3 is 2.59 bits per heavy atom. The van der Waals surface area contributed by atoms with Crippen molar-refractivity contribution < 1.29 is 9.59 Å². The summed E-state index contributed by atoms with van der Waals surface area (Å²) in [4.78, 5) is 35.3. The number of nitrogens with one attached hydrogen (secondary N) is 1. The smallest absolute Gasteiger partial charge is 0.324 e. The summed E-state index contributed by atoms with van der Waals surface area (Å²) in [6.45, 7) is 12.7. The first-order valence-electron chi connectivity index (χ1n) is 11.1. The van der Waals surface area contributed by atoms with Crippen molar-refractivity contribution >= 4 is 40.3 Å². The molecular weight excluding hydrogens is 448 g/mol. The first kappa shape index (κ1) is 25.2. The summed E-state index contributed by atoms with van der Waals surface area (Å²) in [7, 11) is 0. The first-order chi connectivity index (χ1) is 16.0. The van der Waals surface area contributed by atoms with E-state index in [-0.39, 0.29) is 11.4 Å². The standard InChI is InChI=1S/C25H32N6O2S/c1-15-8-10-18(11-9-15)25(4,5)17(3)28-13-12-19(26)21-16(2)29-23(34-21)30-24(33)31-14-6-7-20(31)22(27)32/h8-13,20H,3,6-7,14,26H2,1-2,4-5H3,(H2,27,32)(H,29,30,33)/b19-12-,28-13-/t20-/m0/s1. The molecule has 2 aromatic rings. The molecule has 0 aliphatic carbocycles. The van der Waals surface area contributed by atoms with Crippen molar-refractivity contribution in [3.05, 3.63) is 64.3 Å². The van der Waals surface area contributed by atoms with Crippen LogP contribution in [0.2, 0.25) is 0 Å². The minimum atomic E-state index is -0.584. The van der Waals surface area contributed by atoms with Gasteiger partial charge in [0.25, 0.3) is 0 Å². The third kappa shape index (κ3) is 5.53. The highest BCUT2D eigenvalue weighted by atomic mass is 32.1. The van der Waals surface area contributed by atoms with E-state index >= 15 is 0 Å². The van der Waals surface area contributed by atoms with E-state index in [2.05, 4.69) is 66.9 Å². The van der Waals surface area contributed by atoms with Gasteiger partial charge in [0, 0.05) is 23.9 Å². The molecule has 5 N–H and O–H groups in total. The Bertz CT molecular complexity index is 1150. The maximum absolute atomic E-state index is 12.6. The third-order valence-corrected chi connectivity index (χ3v) is 7.22. The Hall–Kier alpha value is -3.46. The predicted molar refractivity (Wildman–Crippen MR) is 139 cm³/mol. The lowest BCUT2D eigenvalue weighted by atomic mass is 9.82. The molecule has 0 spiro atoms. The molecule has 1 fully saturated rings. The van der Waals surface area contributed by atoms with Gasteiger partial charge in [-0.05, 0) is 38.3 Å². The van der Waals surface area contributed by atoms with Crippen molar-refractivity contribution in [2.45, 2.75) is 52.0 Å². The third-order valence-electron chi connectivity index (χ3n) is 6.09. The zero-order valence-electron chi connectivity index (χ0n) is 20.1. The fourth-order valence-corrected chi connectivity index (χ4v) is 4.66. The molecule has 180 valence electrons. The number of carbonyl (C=O) groups is 2. The lowest BCUT2D eigenvalue weighted by Gasteiger charge is -2.25. The van der Waals surface area contributed by atoms with E-state index in [1.807, 2.05) is 6.92 Å². The van der Waals surface area contributed by atoms with E-state index in [1.165, 1.54) is 21.8 Å². The summed E-state index contributed by atoms with van der Waals surface area (Å²) in [5.74, 6) is -0.498. The quantitative estimate of drug-likeness (QED) is 0.516. The molecule has 34 heavy (non-hydrogen) atoms. The van der Waals surface area contributed by atoms with Crippen LogP contribution in [-0.2, 0) is 10.2 Å². The van der Waals surface area contributed by atoms with Crippen LogP contribution < -0.4 is 16.8 Å². The summed E-state index contributed by atoms with van der Waals surface area (Å²) in [5.41, 5.74) is 15.6. The number of urea groups is 1. The van der Waals surface area contributed by atoms with E-state index in [4.69, 9.17) is 11.5 Å². The maximum Gasteiger partial charge on any atom is 0.324 e. The van der Waals surface area contributed by atoms with Gasteiger partial charge in [0.05, 0.1) is 16.3 Å². The first-order valence-corrected chi connectivity index (χ1v) is 11.9. The van der Waals surface area contributed by atoms with E-state index < -0.39 is 11.9 Å². The molecule has 2 heterocycles. The number of aromatic nitrogens is 1. The molecule has 1 saturated heterocycles. The van der Waals surface area contributed by atoms with Crippen LogP contribution >= 0.6 is 11.3 Å². The van der Waals surface area contributed by atoms with Crippen molar-refractivity contribution in [1.29, 1.82) is 0 Å². The largest absolute Gasteiger partial charge is 0.397 e. The summed E-state index contributed by atoms with van der Waals surface area (Å²) in [5, 5.41) is 3.17. The number of benzene rings is 1. The molecule has 0 saturated carbocycles. The lowest BCUT2D eigenvalue weighted by Crippen LogP contribution is -2.45. The highest BCUT2D eigenvalue weighted by Gasteiger charge is 2.33. The SMILES string of the molecule is C=C(/N=C\C=C(/N)c1sc(NC(=O)N2CCC[C@H]2C(N)=O)nc1C)C(C)(C)c1ccc(C)cc1. The molecule has 1 atom stereocenters. The van der Waals surface area contributed by atoms with Crippen LogP contribution in [0.3, 0.4) is 0 Å². The lowest BCUT2D eigenvalue weighted by molar-refractivity contribution is -0.121. The number of carbonyl (C=O) groups excluding carboxylic acids is 2. The fraction of sp³-hybridized carbons (Fsp3) is 0.360. The molecule has 1 aromatic heterocycles. The fourth-order valence-electron chi connectivity index (χ4n) is 3.77. The number of nitrogens with zero attached hydrogens (tertiary/aromatic N) is 3. The van der Waals surface area contributed by atoms with Gasteiger partial charge in [-0.1, -0.05) is 61.6 Å². The molecule has 0 unspecified atom stereocenters. The van der Waals surface area contributed by atoms with Gasteiger partial charge in [-0.15, -0.1) is 0 Å². The number of hydrogen-bond acceptors (Lipinski definition) is 6. The summed E-state index contributed by atoms with van der Waals surface area (Å²) in [6, 6.07) is 7.35. The van der Waals surface area contributed by atoms with E-state index in [1.54, 1.807) is 12.3 Å². The number of allylic oxidation sites excluding steroid dienone is 2. The predicted octanol–water partition coefficient (Wildman–Crippen LogP) is 4.10. The van der Waals surface area contributed by atoms with Gasteiger partial charge in [0.2, 0.25) is 5.91 Å². The summed E-state index contributed by atoms with van der Waals surface area (Å²) < 4.78 is 0. The Balaban J connectivity index is 1.68. The molecule has 0 bridgehead atoms. The Morgan fingerprint density at radius 2 is 1.94 bits per heavy atom. The van der Waals surface area contributed by atoms with Crippen LogP contribution in [0.1, 0.15) is 48.4 Å². The van der Waals surface area contributed by atoms with Gasteiger partial charge in [-0.2, -0.15) is 0 Å². The molecule has 1 aliphatic heterocycles. The zero-order chi connectivity index (χ0) is 25.0.